The van der Waals surface area contributed by atoms with E-state index in [0.29, 0.717) is 33.6 Å². The lowest BCUT2D eigenvalue weighted by Gasteiger charge is -2.35. The first kappa shape index (κ1) is 49.8. The van der Waals surface area contributed by atoms with Crippen LogP contribution in [-0.2, 0) is 5.41 Å². The zero-order valence-corrected chi connectivity index (χ0v) is 44.5. The van der Waals surface area contributed by atoms with Crippen molar-refractivity contribution in [2.24, 2.45) is 0 Å². The number of ketones is 1. The van der Waals surface area contributed by atoms with Gasteiger partial charge in [-0.1, -0.05) is 103 Å². The van der Waals surface area contributed by atoms with Crippen molar-refractivity contribution in [1.82, 2.24) is 0 Å². The Balaban J connectivity index is 0.785. The van der Waals surface area contributed by atoms with Crippen LogP contribution in [0.4, 0.5) is 22.7 Å². The molecule has 0 unspecified atom stereocenters. The molecule has 0 spiro atoms. The number of hydrogen-bond acceptors (Lipinski definition) is 5. The molecule has 10 aromatic carbocycles. The number of hydrogen-bond donors (Lipinski definition) is 4. The predicted octanol–water partition coefficient (Wildman–Crippen LogP) is 15.9. The van der Waals surface area contributed by atoms with E-state index in [1.54, 1.807) is 31.2 Å². The van der Waals surface area contributed by atoms with Crippen LogP contribution in [0.15, 0.2) is 182 Å². The summed E-state index contributed by atoms with van der Waals surface area (Å²) in [7, 11) is 1.95. The summed E-state index contributed by atoms with van der Waals surface area (Å²) in [5.41, 5.74) is 20.3. The second kappa shape index (κ2) is 19.7. The molecular formula is C69H58N4O4. The Kier molecular flexibility index (Phi) is 12.7. The number of carbonyl (C=O) groups is 4. The molecule has 10 aromatic rings. The molecule has 3 amide bonds. The molecule has 0 saturated heterocycles. The van der Waals surface area contributed by atoms with Crippen molar-refractivity contribution in [2.45, 2.75) is 53.9 Å². The van der Waals surface area contributed by atoms with E-state index in [4.69, 9.17) is 0 Å². The Morgan fingerprint density at radius 1 is 0.364 bits per heavy atom. The molecule has 0 heterocycles. The summed E-state index contributed by atoms with van der Waals surface area (Å²) in [5.74, 6) is -0.682. The number of aryl methyl sites for hydroxylation is 6. The molecule has 8 heteroatoms. The third-order valence-corrected chi connectivity index (χ3v) is 15.5. The fourth-order valence-corrected chi connectivity index (χ4v) is 11.8. The van der Waals surface area contributed by atoms with E-state index >= 15 is 0 Å². The molecule has 11 rings (SSSR count). The van der Waals surface area contributed by atoms with Gasteiger partial charge in [-0.25, -0.2) is 0 Å². The van der Waals surface area contributed by atoms with Crippen LogP contribution in [0.1, 0.15) is 104 Å². The van der Waals surface area contributed by atoms with Crippen molar-refractivity contribution in [1.29, 1.82) is 0 Å². The molecular weight excluding hydrogens is 949 g/mol. The minimum absolute atomic E-state index is 0.00113. The molecule has 1 aliphatic carbocycles. The number of anilines is 4. The number of fused-ring (bicyclic) bond motifs is 5. The van der Waals surface area contributed by atoms with E-state index in [2.05, 4.69) is 107 Å². The van der Waals surface area contributed by atoms with Gasteiger partial charge in [0.25, 0.3) is 17.7 Å². The first-order valence-corrected chi connectivity index (χ1v) is 26.0. The molecule has 0 aromatic heterocycles. The summed E-state index contributed by atoms with van der Waals surface area (Å²) < 4.78 is 0. The average Bonchev–Trinajstić information content (AvgIpc) is 4.01. The van der Waals surface area contributed by atoms with Crippen LogP contribution in [0.25, 0.3) is 43.8 Å². The van der Waals surface area contributed by atoms with Gasteiger partial charge in [0.2, 0.25) is 0 Å². The number of amides is 3. The smallest absolute Gasteiger partial charge is 0.255 e. The van der Waals surface area contributed by atoms with E-state index in [1.807, 2.05) is 121 Å². The molecule has 378 valence electrons. The second-order valence-electron chi connectivity index (χ2n) is 20.6. The van der Waals surface area contributed by atoms with Gasteiger partial charge in [0.05, 0.1) is 5.41 Å². The zero-order chi connectivity index (χ0) is 53.9. The van der Waals surface area contributed by atoms with Gasteiger partial charge in [-0.05, 0) is 227 Å². The number of Topliss-reactive ketones (excluding diaryl/α,β-unsaturated/α-hetero) is 1. The Bertz CT molecular complexity index is 4040. The summed E-state index contributed by atoms with van der Waals surface area (Å²) in [4.78, 5) is 53.1. The van der Waals surface area contributed by atoms with Crippen molar-refractivity contribution in [3.05, 3.63) is 260 Å². The molecule has 1 aliphatic rings. The molecule has 0 radical (unpaired) electrons. The maximum Gasteiger partial charge on any atom is 0.255 e. The SMILES string of the molecule is CNc1ccc(C2(c3ccc(NC(=O)c4ccc5cc(C(=O)Nc6cc(C)c(-c7c(C)cc(NC(=O)c8ccc9cc(C(C)=O)ccc9c8)cc7C)c(C)c6)ccc5c4)c(C)c3)c3ccccc3-c3ccccc32)cc1C. The lowest BCUT2D eigenvalue weighted by molar-refractivity contribution is 0.101. The minimum Gasteiger partial charge on any atom is -0.388 e. The van der Waals surface area contributed by atoms with Gasteiger partial charge in [-0.15, -0.1) is 0 Å². The molecule has 8 nitrogen and oxygen atoms in total. The quantitative estimate of drug-likeness (QED) is 0.0963. The minimum atomic E-state index is -0.571. The topological polar surface area (TPSA) is 116 Å². The fourth-order valence-electron chi connectivity index (χ4n) is 11.8. The molecule has 4 N–H and O–H groups in total. The predicted molar refractivity (Wildman–Crippen MR) is 315 cm³/mol. The second-order valence-corrected chi connectivity index (χ2v) is 20.6. The Morgan fingerprint density at radius 3 is 1.12 bits per heavy atom. The fraction of sp³-hybridized carbons (Fsp3) is 0.130. The highest BCUT2D eigenvalue weighted by molar-refractivity contribution is 6.10. The maximum atomic E-state index is 14.0. The maximum absolute atomic E-state index is 14.0. The van der Waals surface area contributed by atoms with E-state index in [9.17, 15) is 19.2 Å². The summed E-state index contributed by atoms with van der Waals surface area (Å²) in [5, 5.41) is 16.2. The molecule has 0 atom stereocenters. The number of benzene rings is 10. The third-order valence-electron chi connectivity index (χ3n) is 15.5. The van der Waals surface area contributed by atoms with Crippen molar-refractivity contribution < 1.29 is 19.2 Å². The summed E-state index contributed by atoms with van der Waals surface area (Å²) in [6, 6.07) is 60.5. The van der Waals surface area contributed by atoms with Crippen LogP contribution < -0.4 is 21.3 Å². The Morgan fingerprint density at radius 2 is 0.727 bits per heavy atom. The highest BCUT2D eigenvalue weighted by Crippen LogP contribution is 2.56. The summed E-state index contributed by atoms with van der Waals surface area (Å²) >= 11 is 0. The zero-order valence-electron chi connectivity index (χ0n) is 44.5. The van der Waals surface area contributed by atoms with Crippen molar-refractivity contribution >= 4 is 67.8 Å². The van der Waals surface area contributed by atoms with Gasteiger partial charge >= 0.3 is 0 Å². The van der Waals surface area contributed by atoms with E-state index in [0.717, 1.165) is 83.0 Å². The first-order chi connectivity index (χ1) is 37.1. The van der Waals surface area contributed by atoms with Gasteiger partial charge in [0.1, 0.15) is 0 Å². The van der Waals surface area contributed by atoms with Crippen molar-refractivity contribution in [2.75, 3.05) is 28.3 Å². The van der Waals surface area contributed by atoms with Gasteiger partial charge in [-0.2, -0.15) is 0 Å². The molecule has 0 fully saturated rings. The normalized spacial score (nSPS) is 12.2. The van der Waals surface area contributed by atoms with E-state index in [-0.39, 0.29) is 23.5 Å². The summed E-state index contributed by atoms with van der Waals surface area (Å²) in [6.45, 7) is 13.9. The van der Waals surface area contributed by atoms with Crippen LogP contribution >= 0.6 is 0 Å². The van der Waals surface area contributed by atoms with E-state index in [1.165, 1.54) is 27.8 Å². The first-order valence-electron chi connectivity index (χ1n) is 26.0. The van der Waals surface area contributed by atoms with Crippen molar-refractivity contribution in [3.63, 3.8) is 0 Å². The van der Waals surface area contributed by atoms with Gasteiger partial charge < -0.3 is 21.3 Å². The third kappa shape index (κ3) is 8.91. The number of nitrogens with one attached hydrogen (secondary N) is 4. The lowest BCUT2D eigenvalue weighted by atomic mass is 9.67. The van der Waals surface area contributed by atoms with Crippen LogP contribution in [0.3, 0.4) is 0 Å². The van der Waals surface area contributed by atoms with Crippen LogP contribution in [0.5, 0.6) is 0 Å². The Hall–Kier alpha value is -9.40. The Labute approximate surface area is 449 Å². The van der Waals surface area contributed by atoms with E-state index < -0.39 is 5.41 Å². The molecule has 0 saturated carbocycles. The average molecular weight is 1010 g/mol. The van der Waals surface area contributed by atoms with Gasteiger partial charge in [-0.3, -0.25) is 19.2 Å². The highest BCUT2D eigenvalue weighted by atomic mass is 16.2. The van der Waals surface area contributed by atoms with Gasteiger partial charge in [0.15, 0.2) is 5.78 Å². The lowest BCUT2D eigenvalue weighted by Crippen LogP contribution is -2.29. The summed E-state index contributed by atoms with van der Waals surface area (Å²) in [6.07, 6.45) is 0. The number of rotatable bonds is 11. The molecule has 0 aliphatic heterocycles. The molecule has 77 heavy (non-hydrogen) atoms. The van der Waals surface area contributed by atoms with Crippen LogP contribution in [-0.4, -0.2) is 30.6 Å². The van der Waals surface area contributed by atoms with Crippen LogP contribution in [0.2, 0.25) is 0 Å². The van der Waals surface area contributed by atoms with Gasteiger partial charge in [0, 0.05) is 52.1 Å². The highest BCUT2D eigenvalue weighted by Gasteiger charge is 2.46. The monoisotopic (exact) mass is 1010 g/mol. The molecule has 0 bridgehead atoms. The largest absolute Gasteiger partial charge is 0.388 e. The number of carbonyl (C=O) groups excluding carboxylic acids is 4. The standard InChI is InChI=1S/C69H58N4O4/c1-39-29-54(25-27-62(39)70-8)69(60-15-11-9-13-58(60)59-14-10-12-16-61(59)69)55-26-28-63(40(2)30-55)73-68(77)53-24-21-49-37-52(23-20-50(49)38-53)67(76)72-57-33-43(5)65(44(6)34-57)64-41(3)31-56(32-42(64)4)71-66(75)51-22-19-47-35-46(45(7)74)17-18-48(47)36-51/h9-38,70H,1-8H3,(H,71,75)(H,72,76)(H,73,77). The van der Waals surface area contributed by atoms with Crippen LogP contribution in [0, 0.1) is 41.5 Å². The van der Waals surface area contributed by atoms with Crippen molar-refractivity contribution in [3.8, 4) is 22.3 Å².